The van der Waals surface area contributed by atoms with Gasteiger partial charge in [-0.05, 0) is 80.0 Å². The molecule has 0 radical (unpaired) electrons. The van der Waals surface area contributed by atoms with E-state index in [0.29, 0.717) is 23.9 Å². The summed E-state index contributed by atoms with van der Waals surface area (Å²) in [7, 11) is -3.66. The minimum atomic E-state index is -0.914. The molecule has 0 heterocycles. The van der Waals surface area contributed by atoms with E-state index < -0.39 is 32.3 Å². The molecule has 8 aromatic carbocycles. The molecular formula is C60H60N2P4. The zero-order chi connectivity index (χ0) is 44.3. The van der Waals surface area contributed by atoms with Crippen LogP contribution in [0.5, 0.6) is 0 Å². The molecule has 2 nitrogen and oxygen atoms in total. The molecule has 0 spiro atoms. The highest BCUT2D eigenvalue weighted by Crippen LogP contribution is 2.63. The van der Waals surface area contributed by atoms with Gasteiger partial charge in [0, 0.05) is 44.4 Å². The standard InChI is InChI=1S/C60H60N2P4/c1-9-29-49(30-10-1)63(50-31-11-2-12-32-50)61(64(51-33-13-3-14-34-51)52-35-15-4-16-36-52)59-47-27-25-45-57(59)58-46-26-28-48-60(58)62(65(53-37-17-5-18-38-53)54-39-19-6-20-40-54)66(55-41-21-7-22-42-55)56-43-23-8-24-44-56/h1-24,29-44,57-60H,25-28,45-48H2. The first kappa shape index (κ1) is 45.2. The Kier molecular flexibility index (Phi) is 15.4. The van der Waals surface area contributed by atoms with Gasteiger partial charge in [0.1, 0.15) is 0 Å². The molecule has 0 saturated heterocycles. The molecule has 2 saturated carbocycles. The van der Waals surface area contributed by atoms with Gasteiger partial charge >= 0.3 is 0 Å². The molecule has 330 valence electrons. The maximum atomic E-state index is 3.17. The van der Waals surface area contributed by atoms with Gasteiger partial charge in [-0.3, -0.25) is 0 Å². The SMILES string of the molecule is c1ccc(P(c2ccccc2)N(C2CCCCC2C2CCCCC2N(P(c2ccccc2)c2ccccc2)P(c2ccccc2)c2ccccc2)P(c2ccccc2)c2ccccc2)cc1. The fraction of sp³-hybridized carbons (Fsp3) is 0.200. The van der Waals surface area contributed by atoms with Gasteiger partial charge in [-0.25, -0.2) is 8.88 Å². The van der Waals surface area contributed by atoms with Gasteiger partial charge in [-0.1, -0.05) is 268 Å². The number of benzene rings is 8. The van der Waals surface area contributed by atoms with Gasteiger partial charge in [0.2, 0.25) is 0 Å². The van der Waals surface area contributed by atoms with Gasteiger partial charge in [0.15, 0.2) is 0 Å². The fourth-order valence-corrected chi connectivity index (χ4v) is 23.7. The van der Waals surface area contributed by atoms with Crippen molar-refractivity contribution in [3.05, 3.63) is 243 Å². The molecule has 4 unspecified atom stereocenters. The van der Waals surface area contributed by atoms with Crippen molar-refractivity contribution in [3.63, 3.8) is 0 Å². The molecule has 2 aliphatic carbocycles. The van der Waals surface area contributed by atoms with Crippen LogP contribution >= 0.6 is 32.3 Å². The van der Waals surface area contributed by atoms with E-state index in [2.05, 4.69) is 252 Å². The van der Waals surface area contributed by atoms with Crippen LogP contribution in [0.1, 0.15) is 51.4 Å². The Hall–Kier alpha value is -4.60. The zero-order valence-electron chi connectivity index (χ0n) is 37.7. The summed E-state index contributed by atoms with van der Waals surface area (Å²) in [4.78, 5) is 0. The Bertz CT molecular complexity index is 2130. The van der Waals surface area contributed by atoms with Crippen LogP contribution in [-0.4, -0.2) is 21.0 Å². The molecule has 66 heavy (non-hydrogen) atoms. The maximum Gasteiger partial charge on any atom is 0.0325 e. The summed E-state index contributed by atoms with van der Waals surface area (Å²) in [6, 6.07) is 93.6. The molecule has 0 bridgehead atoms. The average Bonchev–Trinajstić information content (AvgIpc) is 3.41. The molecule has 2 aliphatic rings. The molecule has 4 atom stereocenters. The summed E-state index contributed by atoms with van der Waals surface area (Å²) in [5.41, 5.74) is 0. The highest BCUT2D eigenvalue weighted by atomic mass is 31.2. The van der Waals surface area contributed by atoms with Crippen LogP contribution in [-0.2, 0) is 0 Å². The van der Waals surface area contributed by atoms with Crippen LogP contribution in [0.25, 0.3) is 0 Å². The Morgan fingerprint density at radius 2 is 0.394 bits per heavy atom. The smallest absolute Gasteiger partial charge is 0.0325 e. The van der Waals surface area contributed by atoms with E-state index in [-0.39, 0.29) is 0 Å². The first-order chi connectivity index (χ1) is 32.8. The highest BCUT2D eigenvalue weighted by Gasteiger charge is 2.49. The van der Waals surface area contributed by atoms with Crippen LogP contribution in [0, 0.1) is 11.8 Å². The van der Waals surface area contributed by atoms with E-state index in [1.165, 1.54) is 93.8 Å². The molecular weight excluding hydrogens is 873 g/mol. The summed E-state index contributed by atoms with van der Waals surface area (Å²) in [6.45, 7) is 0. The van der Waals surface area contributed by atoms with Crippen molar-refractivity contribution in [2.45, 2.75) is 63.5 Å². The molecule has 10 rings (SSSR count). The van der Waals surface area contributed by atoms with Crippen molar-refractivity contribution in [1.82, 2.24) is 8.88 Å². The van der Waals surface area contributed by atoms with Gasteiger partial charge in [0.25, 0.3) is 0 Å². The Balaban J connectivity index is 1.20. The monoisotopic (exact) mass is 932 g/mol. The quantitative estimate of drug-likeness (QED) is 0.0945. The van der Waals surface area contributed by atoms with E-state index in [1.54, 1.807) is 0 Å². The van der Waals surface area contributed by atoms with Crippen LogP contribution < -0.4 is 42.4 Å². The predicted molar refractivity (Wildman–Crippen MR) is 291 cm³/mol. The lowest BCUT2D eigenvalue weighted by Gasteiger charge is -2.54. The Morgan fingerprint density at radius 1 is 0.227 bits per heavy atom. The first-order valence-electron chi connectivity index (χ1n) is 24.0. The second-order valence-electron chi connectivity index (χ2n) is 17.6. The van der Waals surface area contributed by atoms with Crippen LogP contribution in [0.2, 0.25) is 0 Å². The number of hydrogen-bond donors (Lipinski definition) is 0. The van der Waals surface area contributed by atoms with Crippen molar-refractivity contribution in [2.24, 2.45) is 11.8 Å². The van der Waals surface area contributed by atoms with Crippen LogP contribution in [0.3, 0.4) is 0 Å². The van der Waals surface area contributed by atoms with Crippen molar-refractivity contribution in [3.8, 4) is 0 Å². The highest BCUT2D eigenvalue weighted by molar-refractivity contribution is 7.85. The summed E-state index contributed by atoms with van der Waals surface area (Å²) in [6.07, 6.45) is 10.1. The summed E-state index contributed by atoms with van der Waals surface area (Å²) >= 11 is 0. The largest absolute Gasteiger partial charge is 0.241 e. The maximum absolute atomic E-state index is 3.17. The van der Waals surface area contributed by atoms with E-state index in [9.17, 15) is 0 Å². The topological polar surface area (TPSA) is 6.48 Å². The number of rotatable bonds is 15. The molecule has 8 aromatic rings. The number of hydrogen-bond acceptors (Lipinski definition) is 2. The Morgan fingerprint density at radius 3 is 0.576 bits per heavy atom. The van der Waals surface area contributed by atoms with Gasteiger partial charge in [-0.2, -0.15) is 0 Å². The number of nitrogens with zero attached hydrogens (tertiary/aromatic N) is 2. The second kappa shape index (κ2) is 22.5. The second-order valence-corrected chi connectivity index (χ2v) is 26.6. The van der Waals surface area contributed by atoms with Gasteiger partial charge in [0.05, 0.1) is 0 Å². The van der Waals surface area contributed by atoms with E-state index in [4.69, 9.17) is 0 Å². The zero-order valence-corrected chi connectivity index (χ0v) is 41.3. The normalized spacial score (nSPS) is 18.9. The summed E-state index contributed by atoms with van der Waals surface area (Å²) < 4.78 is 6.35. The fourth-order valence-electron chi connectivity index (χ4n) is 10.7. The molecule has 0 amide bonds. The first-order valence-corrected chi connectivity index (χ1v) is 29.2. The van der Waals surface area contributed by atoms with Gasteiger partial charge in [-0.15, -0.1) is 0 Å². The third-order valence-electron chi connectivity index (χ3n) is 13.5. The molecule has 0 N–H and O–H groups in total. The van der Waals surface area contributed by atoms with E-state index in [0.717, 1.165) is 0 Å². The lowest BCUT2D eigenvalue weighted by Crippen LogP contribution is -2.51. The summed E-state index contributed by atoms with van der Waals surface area (Å²) in [5.74, 6) is 1.04. The lowest BCUT2D eigenvalue weighted by molar-refractivity contribution is 0.0998. The van der Waals surface area contributed by atoms with Gasteiger partial charge < -0.3 is 0 Å². The lowest BCUT2D eigenvalue weighted by atomic mass is 9.69. The van der Waals surface area contributed by atoms with E-state index in [1.807, 2.05) is 0 Å². The average molecular weight is 933 g/mol. The molecule has 0 aromatic heterocycles. The predicted octanol–water partition coefficient (Wildman–Crippen LogP) is 12.9. The van der Waals surface area contributed by atoms with Crippen LogP contribution in [0.15, 0.2) is 243 Å². The molecule has 6 heteroatoms. The van der Waals surface area contributed by atoms with E-state index >= 15 is 0 Å². The van der Waals surface area contributed by atoms with Crippen molar-refractivity contribution >= 4 is 74.7 Å². The third-order valence-corrected chi connectivity index (χ3v) is 24.8. The Labute approximate surface area is 399 Å². The summed E-state index contributed by atoms with van der Waals surface area (Å²) in [5, 5.41) is 11.5. The third kappa shape index (κ3) is 10.1. The molecule has 0 aliphatic heterocycles. The van der Waals surface area contributed by atoms with Crippen molar-refractivity contribution < 1.29 is 0 Å². The van der Waals surface area contributed by atoms with Crippen LogP contribution in [0.4, 0.5) is 0 Å². The minimum Gasteiger partial charge on any atom is -0.241 e. The minimum absolute atomic E-state index is 0.392. The van der Waals surface area contributed by atoms with Crippen molar-refractivity contribution in [1.29, 1.82) is 0 Å². The van der Waals surface area contributed by atoms with Crippen molar-refractivity contribution in [2.75, 3.05) is 0 Å². The molecule has 2 fully saturated rings.